The maximum Gasteiger partial charge on any atom is 0.272 e. The SMILES string of the molecule is O=[N+]([O-])c1ccc(NC[C@H](O)CN2CCc3ccccc3C2)c(F)c1. The number of nitrogens with one attached hydrogen (secondary N) is 1. The van der Waals surface area contributed by atoms with E-state index in [0.717, 1.165) is 25.6 Å². The molecule has 0 saturated carbocycles. The molecule has 1 aliphatic rings. The number of anilines is 1. The van der Waals surface area contributed by atoms with Gasteiger partial charge in [0.05, 0.1) is 22.8 Å². The van der Waals surface area contributed by atoms with E-state index in [9.17, 15) is 19.6 Å². The minimum absolute atomic E-state index is 0.147. The summed E-state index contributed by atoms with van der Waals surface area (Å²) in [7, 11) is 0. The molecule has 7 heteroatoms. The molecule has 0 saturated heterocycles. The molecule has 0 spiro atoms. The maximum atomic E-state index is 13.8. The molecule has 0 aromatic heterocycles. The summed E-state index contributed by atoms with van der Waals surface area (Å²) in [5.41, 5.74) is 2.47. The van der Waals surface area contributed by atoms with Crippen LogP contribution in [-0.2, 0) is 13.0 Å². The lowest BCUT2D eigenvalue weighted by molar-refractivity contribution is -0.385. The third kappa shape index (κ3) is 4.32. The quantitative estimate of drug-likeness (QED) is 0.621. The molecule has 6 nitrogen and oxygen atoms in total. The van der Waals surface area contributed by atoms with Gasteiger partial charge in [-0.25, -0.2) is 4.39 Å². The van der Waals surface area contributed by atoms with Gasteiger partial charge in [-0.2, -0.15) is 0 Å². The molecule has 0 bridgehead atoms. The van der Waals surface area contributed by atoms with Crippen molar-refractivity contribution < 1.29 is 14.4 Å². The Morgan fingerprint density at radius 2 is 2.04 bits per heavy atom. The monoisotopic (exact) mass is 345 g/mol. The van der Waals surface area contributed by atoms with Crippen molar-refractivity contribution in [3.05, 3.63) is 69.5 Å². The van der Waals surface area contributed by atoms with E-state index in [1.807, 2.05) is 12.1 Å². The van der Waals surface area contributed by atoms with E-state index in [4.69, 9.17) is 0 Å². The predicted octanol–water partition coefficient (Wildman–Crippen LogP) is 2.57. The summed E-state index contributed by atoms with van der Waals surface area (Å²) < 4.78 is 13.8. The number of halogens is 1. The van der Waals surface area contributed by atoms with Gasteiger partial charge in [-0.05, 0) is 23.6 Å². The van der Waals surface area contributed by atoms with Crippen molar-refractivity contribution in [2.45, 2.75) is 19.1 Å². The van der Waals surface area contributed by atoms with Gasteiger partial charge in [-0.3, -0.25) is 15.0 Å². The van der Waals surface area contributed by atoms with Gasteiger partial charge in [-0.15, -0.1) is 0 Å². The molecule has 132 valence electrons. The smallest absolute Gasteiger partial charge is 0.272 e. The molecule has 1 heterocycles. The van der Waals surface area contributed by atoms with Crippen LogP contribution in [-0.4, -0.2) is 40.7 Å². The van der Waals surface area contributed by atoms with E-state index in [1.54, 1.807) is 0 Å². The molecular weight excluding hydrogens is 325 g/mol. The number of hydrogen-bond acceptors (Lipinski definition) is 5. The van der Waals surface area contributed by atoms with Crippen LogP contribution in [0.15, 0.2) is 42.5 Å². The minimum Gasteiger partial charge on any atom is -0.390 e. The predicted molar refractivity (Wildman–Crippen MR) is 93.0 cm³/mol. The fraction of sp³-hybridized carbons (Fsp3) is 0.333. The Labute approximate surface area is 145 Å². The number of β-amino-alcohol motifs (C(OH)–C–C–N with tert-alkyl or cyclic N) is 1. The highest BCUT2D eigenvalue weighted by Crippen LogP contribution is 2.21. The zero-order chi connectivity index (χ0) is 17.8. The zero-order valence-corrected chi connectivity index (χ0v) is 13.7. The van der Waals surface area contributed by atoms with Crippen LogP contribution in [0.4, 0.5) is 15.8 Å². The van der Waals surface area contributed by atoms with Crippen molar-refractivity contribution in [1.82, 2.24) is 4.90 Å². The Kier molecular flexibility index (Phi) is 5.25. The normalized spacial score (nSPS) is 15.4. The second kappa shape index (κ2) is 7.58. The molecule has 2 aromatic rings. The van der Waals surface area contributed by atoms with Crippen LogP contribution in [0.3, 0.4) is 0 Å². The summed E-state index contributed by atoms with van der Waals surface area (Å²) in [5.74, 6) is -0.701. The molecule has 25 heavy (non-hydrogen) atoms. The Balaban J connectivity index is 1.52. The van der Waals surface area contributed by atoms with E-state index in [2.05, 4.69) is 22.3 Å². The van der Waals surface area contributed by atoms with Gasteiger partial charge >= 0.3 is 0 Å². The summed E-state index contributed by atoms with van der Waals surface area (Å²) in [6.45, 7) is 2.32. The highest BCUT2D eigenvalue weighted by Gasteiger charge is 2.18. The number of rotatable bonds is 6. The molecule has 1 aliphatic heterocycles. The fourth-order valence-corrected chi connectivity index (χ4v) is 3.06. The van der Waals surface area contributed by atoms with Crippen molar-refractivity contribution in [1.29, 1.82) is 0 Å². The number of aliphatic hydroxyl groups is 1. The molecule has 0 unspecified atom stereocenters. The van der Waals surface area contributed by atoms with E-state index in [0.29, 0.717) is 6.54 Å². The highest BCUT2D eigenvalue weighted by molar-refractivity contribution is 5.50. The van der Waals surface area contributed by atoms with Crippen LogP contribution in [0.5, 0.6) is 0 Å². The number of nitro groups is 1. The molecular formula is C18H20FN3O3. The third-order valence-corrected chi connectivity index (χ3v) is 4.37. The van der Waals surface area contributed by atoms with E-state index in [1.165, 1.54) is 23.3 Å². The first-order valence-corrected chi connectivity index (χ1v) is 8.18. The summed E-state index contributed by atoms with van der Waals surface area (Å²) in [6.07, 6.45) is 0.285. The standard InChI is InChI=1S/C18H20FN3O3/c19-17-9-15(22(24)25)5-6-18(17)20-10-16(23)12-21-8-7-13-3-1-2-4-14(13)11-21/h1-6,9,16,20,23H,7-8,10-12H2/t16-/m0/s1. The van der Waals surface area contributed by atoms with Gasteiger partial charge in [0.25, 0.3) is 5.69 Å². The zero-order valence-electron chi connectivity index (χ0n) is 13.7. The van der Waals surface area contributed by atoms with Gasteiger partial charge in [0.2, 0.25) is 0 Å². The van der Waals surface area contributed by atoms with Crippen LogP contribution in [0.2, 0.25) is 0 Å². The molecule has 2 aromatic carbocycles. The maximum absolute atomic E-state index is 13.8. The number of non-ortho nitro benzene ring substituents is 1. The van der Waals surface area contributed by atoms with Gasteiger partial charge in [0.1, 0.15) is 0 Å². The lowest BCUT2D eigenvalue weighted by atomic mass is 10.00. The average Bonchev–Trinajstić information content (AvgIpc) is 2.60. The second-order valence-corrected chi connectivity index (χ2v) is 6.21. The van der Waals surface area contributed by atoms with E-state index >= 15 is 0 Å². The van der Waals surface area contributed by atoms with Crippen molar-refractivity contribution in [3.63, 3.8) is 0 Å². The first kappa shape index (κ1) is 17.3. The average molecular weight is 345 g/mol. The summed E-state index contributed by atoms with van der Waals surface area (Å²) in [4.78, 5) is 12.1. The molecule has 0 amide bonds. The Morgan fingerprint density at radius 1 is 1.28 bits per heavy atom. The molecule has 1 atom stereocenters. The Morgan fingerprint density at radius 3 is 2.76 bits per heavy atom. The van der Waals surface area contributed by atoms with Crippen LogP contribution in [0.25, 0.3) is 0 Å². The van der Waals surface area contributed by atoms with E-state index < -0.39 is 16.8 Å². The van der Waals surface area contributed by atoms with E-state index in [-0.39, 0.29) is 17.9 Å². The Bertz CT molecular complexity index is 769. The first-order chi connectivity index (χ1) is 12.0. The third-order valence-electron chi connectivity index (χ3n) is 4.37. The number of nitrogens with zero attached hydrogens (tertiary/aromatic N) is 2. The van der Waals surface area contributed by atoms with Crippen molar-refractivity contribution >= 4 is 11.4 Å². The van der Waals surface area contributed by atoms with Gasteiger partial charge in [0.15, 0.2) is 5.82 Å². The number of nitro benzene ring substituents is 1. The molecule has 3 rings (SSSR count). The lowest BCUT2D eigenvalue weighted by Gasteiger charge is -2.30. The fourth-order valence-electron chi connectivity index (χ4n) is 3.06. The largest absolute Gasteiger partial charge is 0.390 e. The van der Waals surface area contributed by atoms with Crippen LogP contribution >= 0.6 is 0 Å². The van der Waals surface area contributed by atoms with Gasteiger partial charge in [0, 0.05) is 32.2 Å². The Hall–Kier alpha value is -2.51. The summed E-state index contributed by atoms with van der Waals surface area (Å²) in [5, 5.41) is 23.6. The molecule has 0 fully saturated rings. The number of fused-ring (bicyclic) bond motifs is 1. The lowest BCUT2D eigenvalue weighted by Crippen LogP contribution is -2.39. The first-order valence-electron chi connectivity index (χ1n) is 8.18. The molecule has 0 aliphatic carbocycles. The van der Waals surface area contributed by atoms with Crippen molar-refractivity contribution in [2.75, 3.05) is 25.0 Å². The summed E-state index contributed by atoms with van der Waals surface area (Å²) in [6, 6.07) is 11.7. The number of hydrogen-bond donors (Lipinski definition) is 2. The topological polar surface area (TPSA) is 78.6 Å². The van der Waals surface area contributed by atoms with Crippen LogP contribution in [0.1, 0.15) is 11.1 Å². The van der Waals surface area contributed by atoms with Crippen LogP contribution in [0, 0.1) is 15.9 Å². The number of benzene rings is 2. The summed E-state index contributed by atoms with van der Waals surface area (Å²) >= 11 is 0. The minimum atomic E-state index is -0.701. The van der Waals surface area contributed by atoms with Crippen molar-refractivity contribution in [3.8, 4) is 0 Å². The highest BCUT2D eigenvalue weighted by atomic mass is 19.1. The number of aliphatic hydroxyl groups excluding tert-OH is 1. The van der Waals surface area contributed by atoms with Crippen LogP contribution < -0.4 is 5.32 Å². The molecule has 2 N–H and O–H groups in total. The van der Waals surface area contributed by atoms with Gasteiger partial charge < -0.3 is 10.4 Å². The van der Waals surface area contributed by atoms with Gasteiger partial charge in [-0.1, -0.05) is 24.3 Å². The molecule has 0 radical (unpaired) electrons. The second-order valence-electron chi connectivity index (χ2n) is 6.21. The van der Waals surface area contributed by atoms with Crippen molar-refractivity contribution in [2.24, 2.45) is 0 Å².